The smallest absolute Gasteiger partial charge is 0.327 e. The summed E-state index contributed by atoms with van der Waals surface area (Å²) in [5.74, 6) is 0.926. The molecule has 0 bridgehead atoms. The number of nitrogens with zero attached hydrogens (tertiary/aromatic N) is 5. The van der Waals surface area contributed by atoms with Crippen LogP contribution in [-0.4, -0.2) is 72.2 Å². The zero-order valence-electron chi connectivity index (χ0n) is 17.4. The van der Waals surface area contributed by atoms with Crippen molar-refractivity contribution in [2.24, 2.45) is 5.92 Å². The summed E-state index contributed by atoms with van der Waals surface area (Å²) in [4.78, 5) is 36.1. The zero-order valence-corrected chi connectivity index (χ0v) is 17.4. The molecule has 156 valence electrons. The number of nitriles is 1. The number of carbonyl (C=O) groups excluding carboxylic acids is 2. The van der Waals surface area contributed by atoms with Crippen LogP contribution in [0.2, 0.25) is 0 Å². The Bertz CT molecular complexity index is 796. The molecule has 29 heavy (non-hydrogen) atoms. The van der Waals surface area contributed by atoms with Crippen LogP contribution in [0.25, 0.3) is 0 Å². The lowest BCUT2D eigenvalue weighted by Gasteiger charge is -2.43. The first-order valence-electron chi connectivity index (χ1n) is 10.2. The minimum atomic E-state index is -0.780. The van der Waals surface area contributed by atoms with Crippen molar-refractivity contribution in [3.8, 4) is 6.07 Å². The van der Waals surface area contributed by atoms with Crippen molar-refractivity contribution < 1.29 is 14.3 Å². The molecule has 2 fully saturated rings. The molecule has 8 nitrogen and oxygen atoms in total. The van der Waals surface area contributed by atoms with E-state index < -0.39 is 5.54 Å². The minimum Gasteiger partial charge on any atom is -0.385 e. The molecule has 0 atom stereocenters. The highest BCUT2D eigenvalue weighted by molar-refractivity contribution is 6.07. The normalized spacial score (nSPS) is 18.8. The number of imide groups is 1. The standard InChI is InChI=1S/C21H29N5O3/c1-16(2)15-26-20(28)25(9-4-12-29-3)19(27)21(26)6-10-24(11-7-21)18-13-17(14-22)5-8-23-18/h5,8,13,16H,4,6-7,9-12,15H2,1-3H3. The Morgan fingerprint density at radius 3 is 2.66 bits per heavy atom. The first kappa shape index (κ1) is 21.1. The van der Waals surface area contributed by atoms with Crippen LogP contribution >= 0.6 is 0 Å². The summed E-state index contributed by atoms with van der Waals surface area (Å²) in [6.07, 6.45) is 3.38. The highest BCUT2D eigenvalue weighted by Crippen LogP contribution is 2.38. The summed E-state index contributed by atoms with van der Waals surface area (Å²) >= 11 is 0. The van der Waals surface area contributed by atoms with Gasteiger partial charge in [0.1, 0.15) is 11.4 Å². The fourth-order valence-corrected chi connectivity index (χ4v) is 4.21. The molecular weight excluding hydrogens is 370 g/mol. The number of aromatic nitrogens is 1. The van der Waals surface area contributed by atoms with Crippen LogP contribution in [0.4, 0.5) is 10.6 Å². The van der Waals surface area contributed by atoms with Crippen LogP contribution < -0.4 is 4.90 Å². The molecule has 3 heterocycles. The first-order valence-corrected chi connectivity index (χ1v) is 10.2. The van der Waals surface area contributed by atoms with Gasteiger partial charge in [0.2, 0.25) is 0 Å². The average Bonchev–Trinajstić information content (AvgIpc) is 2.90. The molecule has 0 aliphatic carbocycles. The van der Waals surface area contributed by atoms with Gasteiger partial charge < -0.3 is 14.5 Å². The second-order valence-electron chi connectivity index (χ2n) is 8.12. The molecule has 1 spiro atoms. The zero-order chi connectivity index (χ0) is 21.0. The number of piperidine rings is 1. The molecule has 8 heteroatoms. The van der Waals surface area contributed by atoms with Gasteiger partial charge in [0, 0.05) is 46.1 Å². The molecule has 2 saturated heterocycles. The van der Waals surface area contributed by atoms with Crippen molar-refractivity contribution in [3.05, 3.63) is 23.9 Å². The van der Waals surface area contributed by atoms with Crippen LogP contribution in [0, 0.1) is 17.2 Å². The predicted molar refractivity (Wildman–Crippen MR) is 108 cm³/mol. The van der Waals surface area contributed by atoms with Gasteiger partial charge in [-0.05, 0) is 37.3 Å². The van der Waals surface area contributed by atoms with Crippen LogP contribution in [0.15, 0.2) is 18.3 Å². The van der Waals surface area contributed by atoms with Gasteiger partial charge in [-0.15, -0.1) is 0 Å². The van der Waals surface area contributed by atoms with Gasteiger partial charge in [-0.3, -0.25) is 9.69 Å². The molecule has 0 unspecified atom stereocenters. The van der Waals surface area contributed by atoms with E-state index in [4.69, 9.17) is 10.00 Å². The first-order chi connectivity index (χ1) is 13.9. The topological polar surface area (TPSA) is 89.8 Å². The fraction of sp³-hybridized carbons (Fsp3) is 0.619. The van der Waals surface area contributed by atoms with Crippen molar-refractivity contribution in [1.29, 1.82) is 5.26 Å². The molecular formula is C21H29N5O3. The summed E-state index contributed by atoms with van der Waals surface area (Å²) in [5.41, 5.74) is -0.217. The number of anilines is 1. The molecule has 0 N–H and O–H groups in total. The summed E-state index contributed by atoms with van der Waals surface area (Å²) in [6.45, 7) is 6.81. The molecule has 2 aliphatic rings. The van der Waals surface area contributed by atoms with Crippen molar-refractivity contribution >= 4 is 17.8 Å². The summed E-state index contributed by atoms with van der Waals surface area (Å²) in [6, 6.07) is 5.40. The molecule has 1 aromatic rings. The van der Waals surface area contributed by atoms with E-state index in [9.17, 15) is 9.59 Å². The Morgan fingerprint density at radius 2 is 2.03 bits per heavy atom. The average molecular weight is 399 g/mol. The third kappa shape index (κ3) is 4.06. The Balaban J connectivity index is 1.79. The molecule has 2 aliphatic heterocycles. The predicted octanol–water partition coefficient (Wildman–Crippen LogP) is 2.25. The van der Waals surface area contributed by atoms with Crippen molar-refractivity contribution in [2.75, 3.05) is 44.8 Å². The maximum Gasteiger partial charge on any atom is 0.327 e. The van der Waals surface area contributed by atoms with Gasteiger partial charge in [-0.2, -0.15) is 5.26 Å². The number of pyridine rings is 1. The van der Waals surface area contributed by atoms with Gasteiger partial charge in [-0.25, -0.2) is 9.78 Å². The van der Waals surface area contributed by atoms with Crippen LogP contribution in [0.5, 0.6) is 0 Å². The molecule has 1 aromatic heterocycles. The summed E-state index contributed by atoms with van der Waals surface area (Å²) in [7, 11) is 1.62. The third-order valence-corrected chi connectivity index (χ3v) is 5.69. The minimum absolute atomic E-state index is 0.0855. The Kier molecular flexibility index (Phi) is 6.38. The lowest BCUT2D eigenvalue weighted by molar-refractivity contribution is -0.134. The number of hydrogen-bond donors (Lipinski definition) is 0. The number of carbonyl (C=O) groups is 2. The van der Waals surface area contributed by atoms with Gasteiger partial charge in [0.15, 0.2) is 0 Å². The summed E-state index contributed by atoms with van der Waals surface area (Å²) < 4.78 is 5.08. The van der Waals surface area contributed by atoms with Gasteiger partial charge in [0.05, 0.1) is 11.6 Å². The van der Waals surface area contributed by atoms with Crippen molar-refractivity contribution in [2.45, 2.75) is 38.6 Å². The van der Waals surface area contributed by atoms with E-state index >= 15 is 0 Å². The highest BCUT2D eigenvalue weighted by atomic mass is 16.5. The van der Waals surface area contributed by atoms with E-state index in [1.54, 1.807) is 30.3 Å². The lowest BCUT2D eigenvalue weighted by atomic mass is 9.85. The second-order valence-corrected chi connectivity index (χ2v) is 8.12. The van der Waals surface area contributed by atoms with Crippen LogP contribution in [0.1, 0.15) is 38.7 Å². The monoisotopic (exact) mass is 399 g/mol. The Hall–Kier alpha value is -2.66. The van der Waals surface area contributed by atoms with Crippen molar-refractivity contribution in [1.82, 2.24) is 14.8 Å². The SMILES string of the molecule is COCCCN1C(=O)N(CC(C)C)C2(CCN(c3cc(C#N)ccn3)CC2)C1=O. The molecule has 0 radical (unpaired) electrons. The van der Waals surface area contributed by atoms with Crippen molar-refractivity contribution in [3.63, 3.8) is 0 Å². The van der Waals surface area contributed by atoms with Gasteiger partial charge in [0.25, 0.3) is 5.91 Å². The largest absolute Gasteiger partial charge is 0.385 e. The van der Waals surface area contributed by atoms with Gasteiger partial charge in [-0.1, -0.05) is 13.8 Å². The number of rotatable bonds is 7. The lowest BCUT2D eigenvalue weighted by Crippen LogP contribution is -2.57. The number of hydrogen-bond acceptors (Lipinski definition) is 6. The third-order valence-electron chi connectivity index (χ3n) is 5.69. The van der Waals surface area contributed by atoms with Crippen LogP contribution in [0.3, 0.4) is 0 Å². The van der Waals surface area contributed by atoms with E-state index in [1.165, 1.54) is 4.90 Å². The maximum absolute atomic E-state index is 13.4. The quantitative estimate of drug-likeness (QED) is 0.516. The molecule has 3 rings (SSSR count). The van der Waals surface area contributed by atoms with E-state index in [0.29, 0.717) is 57.6 Å². The molecule has 0 saturated carbocycles. The summed E-state index contributed by atoms with van der Waals surface area (Å²) in [5, 5.41) is 9.13. The van der Waals surface area contributed by atoms with Gasteiger partial charge >= 0.3 is 6.03 Å². The number of methoxy groups -OCH3 is 1. The van der Waals surface area contributed by atoms with E-state index in [-0.39, 0.29) is 17.9 Å². The molecule has 0 aromatic carbocycles. The molecule has 3 amide bonds. The Morgan fingerprint density at radius 1 is 1.31 bits per heavy atom. The Labute approximate surface area is 172 Å². The number of urea groups is 1. The van der Waals surface area contributed by atoms with E-state index in [0.717, 1.165) is 5.82 Å². The number of ether oxygens (including phenoxy) is 1. The second kappa shape index (κ2) is 8.78. The van der Waals surface area contributed by atoms with E-state index in [1.807, 2.05) is 0 Å². The fourth-order valence-electron chi connectivity index (χ4n) is 4.21. The number of amides is 3. The van der Waals surface area contributed by atoms with E-state index in [2.05, 4.69) is 29.8 Å². The maximum atomic E-state index is 13.4. The highest BCUT2D eigenvalue weighted by Gasteiger charge is 2.57. The van der Waals surface area contributed by atoms with Crippen LogP contribution in [-0.2, 0) is 9.53 Å².